The van der Waals surface area contributed by atoms with E-state index in [-0.39, 0.29) is 0 Å². The lowest BCUT2D eigenvalue weighted by Gasteiger charge is -2.30. The largest absolute Gasteiger partial charge is 0.431 e. The molecule has 0 aliphatic heterocycles. The predicted molar refractivity (Wildman–Crippen MR) is 48.6 cm³/mol. The second kappa shape index (κ2) is 3.53. The molecular formula is C8H20OSi. The Labute approximate surface area is 65.6 Å². The molecule has 0 saturated carbocycles. The molecule has 0 rings (SSSR count). The van der Waals surface area contributed by atoms with E-state index < -0.39 is 8.32 Å². The molecule has 0 heterocycles. The van der Waals surface area contributed by atoms with Crippen molar-refractivity contribution in [3.8, 4) is 0 Å². The third-order valence-electron chi connectivity index (χ3n) is 2.78. The van der Waals surface area contributed by atoms with Gasteiger partial charge in [0.05, 0.1) is 0 Å². The zero-order chi connectivity index (χ0) is 8.36. The summed E-state index contributed by atoms with van der Waals surface area (Å²) in [6.45, 7) is 10.6. The Hall–Kier alpha value is 0.177. The standard InChI is InChI=1S/C8H20OSi/c1-6-8(4)10(5,9)7(2)3/h7-9H,6H2,1-5H3. The van der Waals surface area contributed by atoms with Crippen molar-refractivity contribution in [2.45, 2.75) is 51.7 Å². The summed E-state index contributed by atoms with van der Waals surface area (Å²) in [7, 11) is -1.88. The Morgan fingerprint density at radius 2 is 1.70 bits per heavy atom. The Morgan fingerprint density at radius 1 is 1.30 bits per heavy atom. The molecule has 2 heteroatoms. The van der Waals surface area contributed by atoms with Gasteiger partial charge in [-0.15, -0.1) is 0 Å². The van der Waals surface area contributed by atoms with Crippen LogP contribution in [0.5, 0.6) is 0 Å². The van der Waals surface area contributed by atoms with Crippen molar-refractivity contribution in [2.75, 3.05) is 0 Å². The SMILES string of the molecule is CCC(C)[Si](C)(O)C(C)C. The first kappa shape index (κ1) is 10.2. The van der Waals surface area contributed by atoms with Gasteiger partial charge in [-0.2, -0.15) is 0 Å². The molecular weight excluding hydrogens is 140 g/mol. The van der Waals surface area contributed by atoms with E-state index in [9.17, 15) is 4.80 Å². The maximum atomic E-state index is 10.00. The average molecular weight is 160 g/mol. The van der Waals surface area contributed by atoms with Crippen molar-refractivity contribution < 1.29 is 4.80 Å². The van der Waals surface area contributed by atoms with Gasteiger partial charge in [-0.1, -0.05) is 34.1 Å². The Kier molecular flexibility index (Phi) is 3.60. The highest BCUT2D eigenvalue weighted by molar-refractivity contribution is 6.73. The van der Waals surface area contributed by atoms with Gasteiger partial charge in [0.15, 0.2) is 8.32 Å². The molecule has 0 fully saturated rings. The summed E-state index contributed by atoms with van der Waals surface area (Å²) in [5, 5.41) is 0. The second-order valence-corrected chi connectivity index (χ2v) is 8.28. The first-order valence-corrected chi connectivity index (χ1v) is 6.75. The zero-order valence-electron chi connectivity index (χ0n) is 7.81. The molecule has 0 aromatic carbocycles. The van der Waals surface area contributed by atoms with Crippen molar-refractivity contribution in [3.05, 3.63) is 0 Å². The molecule has 62 valence electrons. The summed E-state index contributed by atoms with van der Waals surface area (Å²) < 4.78 is 0. The molecule has 0 aromatic rings. The molecule has 0 spiro atoms. The van der Waals surface area contributed by atoms with E-state index in [1.165, 1.54) is 0 Å². The highest BCUT2D eigenvalue weighted by Gasteiger charge is 2.33. The van der Waals surface area contributed by atoms with Gasteiger partial charge >= 0.3 is 0 Å². The molecule has 2 atom stereocenters. The Morgan fingerprint density at radius 3 is 1.80 bits per heavy atom. The lowest BCUT2D eigenvalue weighted by atomic mass is 10.4. The highest BCUT2D eigenvalue weighted by atomic mass is 28.4. The van der Waals surface area contributed by atoms with Crippen molar-refractivity contribution in [2.24, 2.45) is 0 Å². The van der Waals surface area contributed by atoms with E-state index in [4.69, 9.17) is 0 Å². The van der Waals surface area contributed by atoms with Gasteiger partial charge in [0.1, 0.15) is 0 Å². The molecule has 0 amide bonds. The fourth-order valence-electron chi connectivity index (χ4n) is 0.982. The van der Waals surface area contributed by atoms with Gasteiger partial charge in [-0.3, -0.25) is 0 Å². The maximum Gasteiger partial charge on any atom is 0.190 e. The molecule has 10 heavy (non-hydrogen) atoms. The van der Waals surface area contributed by atoms with Gasteiger partial charge in [-0.25, -0.2) is 0 Å². The van der Waals surface area contributed by atoms with E-state index in [2.05, 4.69) is 34.2 Å². The fraction of sp³-hybridized carbons (Fsp3) is 1.00. The van der Waals surface area contributed by atoms with Crippen LogP contribution in [0.2, 0.25) is 17.6 Å². The van der Waals surface area contributed by atoms with Crippen LogP contribution in [0.3, 0.4) is 0 Å². The number of hydrogen-bond acceptors (Lipinski definition) is 1. The van der Waals surface area contributed by atoms with E-state index in [1.54, 1.807) is 0 Å². The van der Waals surface area contributed by atoms with Crippen LogP contribution in [0, 0.1) is 0 Å². The summed E-state index contributed by atoms with van der Waals surface area (Å²) in [5.41, 5.74) is 1.02. The number of rotatable bonds is 3. The molecule has 2 unspecified atom stereocenters. The Balaban J connectivity index is 4.09. The maximum absolute atomic E-state index is 10.00. The predicted octanol–water partition coefficient (Wildman–Crippen LogP) is 2.76. The third kappa shape index (κ3) is 2.10. The fourth-order valence-corrected chi connectivity index (χ4v) is 2.95. The van der Waals surface area contributed by atoms with Crippen molar-refractivity contribution in [1.82, 2.24) is 0 Å². The molecule has 0 saturated heterocycles. The van der Waals surface area contributed by atoms with Crippen LogP contribution in [0.4, 0.5) is 0 Å². The first-order valence-electron chi connectivity index (χ1n) is 4.15. The van der Waals surface area contributed by atoms with Gasteiger partial charge in [0.25, 0.3) is 0 Å². The van der Waals surface area contributed by atoms with Crippen LogP contribution in [-0.4, -0.2) is 13.1 Å². The molecule has 0 aromatic heterocycles. The first-order chi connectivity index (χ1) is 4.42. The van der Waals surface area contributed by atoms with Crippen molar-refractivity contribution in [3.63, 3.8) is 0 Å². The minimum Gasteiger partial charge on any atom is -0.431 e. The Bertz CT molecular complexity index is 99.4. The van der Waals surface area contributed by atoms with Crippen LogP contribution < -0.4 is 0 Å². The van der Waals surface area contributed by atoms with Crippen LogP contribution in [0.15, 0.2) is 0 Å². The number of hydrogen-bond donors (Lipinski definition) is 1. The van der Waals surface area contributed by atoms with Gasteiger partial charge in [0, 0.05) is 0 Å². The average Bonchev–Trinajstić information content (AvgIpc) is 1.86. The van der Waals surface area contributed by atoms with Gasteiger partial charge < -0.3 is 4.80 Å². The molecule has 1 nitrogen and oxygen atoms in total. The monoisotopic (exact) mass is 160 g/mol. The lowest BCUT2D eigenvalue weighted by molar-refractivity contribution is 0.493. The molecule has 0 aliphatic carbocycles. The quantitative estimate of drug-likeness (QED) is 0.629. The zero-order valence-corrected chi connectivity index (χ0v) is 8.81. The lowest BCUT2D eigenvalue weighted by Crippen LogP contribution is -2.38. The normalized spacial score (nSPS) is 20.7. The topological polar surface area (TPSA) is 20.2 Å². The van der Waals surface area contributed by atoms with E-state index in [0.717, 1.165) is 6.42 Å². The molecule has 0 radical (unpaired) electrons. The minimum atomic E-state index is -1.88. The van der Waals surface area contributed by atoms with Gasteiger partial charge in [0.2, 0.25) is 0 Å². The smallest absolute Gasteiger partial charge is 0.190 e. The second-order valence-electron chi connectivity index (χ2n) is 3.69. The van der Waals surface area contributed by atoms with Crippen molar-refractivity contribution in [1.29, 1.82) is 0 Å². The summed E-state index contributed by atoms with van der Waals surface area (Å²) in [5.74, 6) is 0. The van der Waals surface area contributed by atoms with Crippen LogP contribution in [-0.2, 0) is 0 Å². The third-order valence-corrected chi connectivity index (χ3v) is 7.52. The summed E-state index contributed by atoms with van der Waals surface area (Å²) >= 11 is 0. The summed E-state index contributed by atoms with van der Waals surface area (Å²) in [6.07, 6.45) is 1.11. The molecule has 0 aliphatic rings. The summed E-state index contributed by atoms with van der Waals surface area (Å²) in [6, 6.07) is 0. The van der Waals surface area contributed by atoms with E-state index >= 15 is 0 Å². The van der Waals surface area contributed by atoms with E-state index in [1.807, 2.05) is 0 Å². The molecule has 0 bridgehead atoms. The van der Waals surface area contributed by atoms with Crippen LogP contribution in [0.25, 0.3) is 0 Å². The highest BCUT2D eigenvalue weighted by Crippen LogP contribution is 2.31. The van der Waals surface area contributed by atoms with Crippen molar-refractivity contribution >= 4 is 8.32 Å². The van der Waals surface area contributed by atoms with Gasteiger partial charge in [-0.05, 0) is 17.6 Å². The molecule has 1 N–H and O–H groups in total. The van der Waals surface area contributed by atoms with Crippen LogP contribution in [0.1, 0.15) is 34.1 Å². The van der Waals surface area contributed by atoms with Crippen LogP contribution >= 0.6 is 0 Å². The summed E-state index contributed by atoms with van der Waals surface area (Å²) in [4.78, 5) is 10.00. The minimum absolute atomic E-state index is 0.488. The van der Waals surface area contributed by atoms with E-state index in [0.29, 0.717) is 11.1 Å².